The second kappa shape index (κ2) is 8.10. The maximum absolute atomic E-state index is 13.0. The van der Waals surface area contributed by atoms with Crippen LogP contribution in [0.4, 0.5) is 5.82 Å². The first-order valence-corrected chi connectivity index (χ1v) is 12.1. The molecule has 0 bridgehead atoms. The van der Waals surface area contributed by atoms with Crippen LogP contribution < -0.4 is 4.90 Å². The monoisotopic (exact) mass is 452 g/mol. The Labute approximate surface area is 186 Å². The highest BCUT2D eigenvalue weighted by atomic mass is 32.2. The Kier molecular flexibility index (Phi) is 5.26. The lowest BCUT2D eigenvalue weighted by Crippen LogP contribution is -2.49. The van der Waals surface area contributed by atoms with Gasteiger partial charge in [0.15, 0.2) is 5.82 Å². The maximum atomic E-state index is 13.0. The average Bonchev–Trinajstić information content (AvgIpc) is 3.36. The van der Waals surface area contributed by atoms with E-state index in [2.05, 4.69) is 9.97 Å². The molecule has 9 nitrogen and oxygen atoms in total. The highest BCUT2D eigenvalue weighted by molar-refractivity contribution is 7.89. The summed E-state index contributed by atoms with van der Waals surface area (Å²) in [6.07, 6.45) is 3.26. The van der Waals surface area contributed by atoms with Crippen molar-refractivity contribution in [2.24, 2.45) is 0 Å². The topological polar surface area (TPSA) is 99.6 Å². The summed E-state index contributed by atoms with van der Waals surface area (Å²) in [5.74, 6) is 0.637. The van der Waals surface area contributed by atoms with Gasteiger partial charge in [0.05, 0.1) is 22.7 Å². The van der Waals surface area contributed by atoms with Gasteiger partial charge in [-0.2, -0.15) is 4.31 Å². The number of hydrogen-bond acceptors (Lipinski definition) is 7. The maximum Gasteiger partial charge on any atom is 0.243 e. The van der Waals surface area contributed by atoms with Crippen molar-refractivity contribution in [1.29, 1.82) is 0 Å². The first kappa shape index (κ1) is 20.8. The molecule has 2 aromatic heterocycles. The molecular weight excluding hydrogens is 428 g/mol. The number of amides is 1. The molecule has 5 rings (SSSR count). The van der Waals surface area contributed by atoms with Gasteiger partial charge in [-0.05, 0) is 37.1 Å². The van der Waals surface area contributed by atoms with Crippen molar-refractivity contribution in [3.63, 3.8) is 0 Å². The molecule has 0 aliphatic carbocycles. The molecule has 1 amide bonds. The molecule has 0 radical (unpaired) electrons. The second-order valence-electron chi connectivity index (χ2n) is 8.14. The molecule has 0 atom stereocenters. The standard InChI is InChI=1S/C22H24N6O3S/c1-26-11-12-27(14-20(26)29)22-21-19(23-15-24-22)8-7-18(25-21)16-5-4-6-17(13-16)32(30,31)28-9-2-3-10-28/h4-8,13,15H,2-3,9-12,14H2,1H3. The predicted octanol–water partition coefficient (Wildman–Crippen LogP) is 1.75. The Morgan fingerprint density at radius 2 is 1.78 bits per heavy atom. The lowest BCUT2D eigenvalue weighted by molar-refractivity contribution is -0.129. The molecule has 4 heterocycles. The van der Waals surface area contributed by atoms with Crippen molar-refractivity contribution in [2.75, 3.05) is 44.7 Å². The number of nitrogens with zero attached hydrogens (tertiary/aromatic N) is 6. The number of hydrogen-bond donors (Lipinski definition) is 0. The van der Waals surface area contributed by atoms with Crippen LogP contribution in [0.15, 0.2) is 47.6 Å². The zero-order chi connectivity index (χ0) is 22.3. The minimum Gasteiger partial charge on any atom is -0.344 e. The van der Waals surface area contributed by atoms with E-state index in [0.29, 0.717) is 54.3 Å². The van der Waals surface area contributed by atoms with Crippen LogP contribution in [0, 0.1) is 0 Å². The average molecular weight is 453 g/mol. The summed E-state index contributed by atoms with van der Waals surface area (Å²) in [7, 11) is -1.73. The zero-order valence-corrected chi connectivity index (χ0v) is 18.6. The summed E-state index contributed by atoms with van der Waals surface area (Å²) >= 11 is 0. The summed E-state index contributed by atoms with van der Waals surface area (Å²) in [5.41, 5.74) is 2.60. The number of carbonyl (C=O) groups is 1. The highest BCUT2D eigenvalue weighted by Crippen LogP contribution is 2.28. The van der Waals surface area contributed by atoms with Gasteiger partial charge in [0, 0.05) is 38.8 Å². The Morgan fingerprint density at radius 1 is 0.969 bits per heavy atom. The molecule has 10 heteroatoms. The number of rotatable bonds is 4. The molecule has 2 fully saturated rings. The number of benzene rings is 1. The summed E-state index contributed by atoms with van der Waals surface area (Å²) in [6.45, 7) is 2.62. The number of fused-ring (bicyclic) bond motifs is 1. The SMILES string of the molecule is CN1CCN(c2ncnc3ccc(-c4cccc(S(=O)(=O)N5CCCC5)c4)nc23)CC1=O. The van der Waals surface area contributed by atoms with Crippen LogP contribution in [-0.4, -0.2) is 78.3 Å². The number of likely N-dealkylation sites (N-methyl/N-ethyl adjacent to an activating group) is 1. The molecule has 166 valence electrons. The van der Waals surface area contributed by atoms with Crippen LogP contribution in [0.5, 0.6) is 0 Å². The molecule has 3 aromatic rings. The molecule has 0 unspecified atom stereocenters. The van der Waals surface area contributed by atoms with Gasteiger partial charge < -0.3 is 9.80 Å². The van der Waals surface area contributed by atoms with Crippen molar-refractivity contribution < 1.29 is 13.2 Å². The van der Waals surface area contributed by atoms with Gasteiger partial charge in [0.25, 0.3) is 0 Å². The largest absolute Gasteiger partial charge is 0.344 e. The lowest BCUT2D eigenvalue weighted by Gasteiger charge is -2.32. The van der Waals surface area contributed by atoms with Gasteiger partial charge in [0.2, 0.25) is 15.9 Å². The molecule has 0 saturated carbocycles. The molecule has 0 spiro atoms. The first-order valence-electron chi connectivity index (χ1n) is 10.6. The van der Waals surface area contributed by atoms with Crippen molar-refractivity contribution >= 4 is 32.8 Å². The predicted molar refractivity (Wildman–Crippen MR) is 121 cm³/mol. The van der Waals surface area contributed by atoms with Crippen molar-refractivity contribution in [1.82, 2.24) is 24.2 Å². The molecule has 0 N–H and O–H groups in total. The number of sulfonamides is 1. The summed E-state index contributed by atoms with van der Waals surface area (Å²) in [5, 5.41) is 0. The fraction of sp³-hybridized carbons (Fsp3) is 0.364. The number of anilines is 1. The van der Waals surface area contributed by atoms with Crippen LogP contribution in [0.3, 0.4) is 0 Å². The highest BCUT2D eigenvalue weighted by Gasteiger charge is 2.28. The van der Waals surface area contributed by atoms with E-state index in [0.717, 1.165) is 12.8 Å². The smallest absolute Gasteiger partial charge is 0.243 e. The van der Waals surface area contributed by atoms with Crippen molar-refractivity contribution in [3.05, 3.63) is 42.7 Å². The van der Waals surface area contributed by atoms with Gasteiger partial charge in [-0.15, -0.1) is 0 Å². The number of carbonyl (C=O) groups excluding carboxylic acids is 1. The first-order chi connectivity index (χ1) is 15.4. The summed E-state index contributed by atoms with van der Waals surface area (Å²) in [4.78, 5) is 29.6. The minimum absolute atomic E-state index is 0.0268. The van der Waals surface area contributed by atoms with E-state index in [4.69, 9.17) is 4.98 Å². The molecule has 2 saturated heterocycles. The third kappa shape index (κ3) is 3.69. The Bertz CT molecular complexity index is 1290. The Balaban J connectivity index is 1.54. The summed E-state index contributed by atoms with van der Waals surface area (Å²) < 4.78 is 27.5. The quantitative estimate of drug-likeness (QED) is 0.595. The van der Waals surface area contributed by atoms with Gasteiger partial charge in [0.1, 0.15) is 11.8 Å². The number of piperazine rings is 1. The van der Waals surface area contributed by atoms with E-state index in [1.807, 2.05) is 23.1 Å². The van der Waals surface area contributed by atoms with Crippen molar-refractivity contribution in [3.8, 4) is 11.3 Å². The van der Waals surface area contributed by atoms with E-state index in [1.165, 1.54) is 10.6 Å². The van der Waals surface area contributed by atoms with E-state index >= 15 is 0 Å². The Morgan fingerprint density at radius 3 is 2.56 bits per heavy atom. The van der Waals surface area contributed by atoms with Crippen LogP contribution in [0.25, 0.3) is 22.3 Å². The van der Waals surface area contributed by atoms with Gasteiger partial charge in [-0.3, -0.25) is 4.79 Å². The third-order valence-corrected chi connectivity index (χ3v) is 7.95. The normalized spacial score (nSPS) is 18.0. The summed E-state index contributed by atoms with van der Waals surface area (Å²) in [6, 6.07) is 10.6. The van der Waals surface area contributed by atoms with E-state index in [9.17, 15) is 13.2 Å². The zero-order valence-electron chi connectivity index (χ0n) is 17.8. The second-order valence-corrected chi connectivity index (χ2v) is 10.1. The fourth-order valence-corrected chi connectivity index (χ4v) is 5.72. The lowest BCUT2D eigenvalue weighted by atomic mass is 10.1. The molecular formula is C22H24N6O3S. The van der Waals surface area contributed by atoms with Gasteiger partial charge >= 0.3 is 0 Å². The van der Waals surface area contributed by atoms with Gasteiger partial charge in [-0.1, -0.05) is 12.1 Å². The molecule has 2 aliphatic heterocycles. The number of pyridine rings is 1. The molecule has 32 heavy (non-hydrogen) atoms. The van der Waals surface area contributed by atoms with Crippen LogP contribution in [0.1, 0.15) is 12.8 Å². The van der Waals surface area contributed by atoms with E-state index in [-0.39, 0.29) is 17.3 Å². The van der Waals surface area contributed by atoms with Crippen LogP contribution in [0.2, 0.25) is 0 Å². The number of aromatic nitrogens is 3. The van der Waals surface area contributed by atoms with E-state index < -0.39 is 10.0 Å². The molecule has 2 aliphatic rings. The van der Waals surface area contributed by atoms with Crippen LogP contribution in [-0.2, 0) is 14.8 Å². The van der Waals surface area contributed by atoms with Gasteiger partial charge in [-0.25, -0.2) is 23.4 Å². The Hall–Kier alpha value is -3.11. The van der Waals surface area contributed by atoms with Crippen LogP contribution >= 0.6 is 0 Å². The fourth-order valence-electron chi connectivity index (χ4n) is 4.15. The van der Waals surface area contributed by atoms with Crippen molar-refractivity contribution in [2.45, 2.75) is 17.7 Å². The minimum atomic E-state index is -3.52. The van der Waals surface area contributed by atoms with E-state index in [1.54, 1.807) is 30.1 Å². The molecule has 1 aromatic carbocycles. The third-order valence-electron chi connectivity index (χ3n) is 6.05.